The average molecular weight is 248 g/mol. The van der Waals surface area contributed by atoms with Crippen molar-refractivity contribution in [1.82, 2.24) is 9.88 Å². The first-order valence-corrected chi connectivity index (χ1v) is 6.34. The molecule has 1 aliphatic heterocycles. The van der Waals surface area contributed by atoms with Crippen LogP contribution in [0.1, 0.15) is 35.8 Å². The Labute approximate surface area is 107 Å². The summed E-state index contributed by atoms with van der Waals surface area (Å²) < 4.78 is 0. The number of carbonyl (C=O) groups is 1. The van der Waals surface area contributed by atoms with Crippen molar-refractivity contribution in [3.05, 3.63) is 23.4 Å². The number of pyridine rings is 1. The molecule has 0 bridgehead atoms. The molecule has 0 spiro atoms. The minimum Gasteiger partial charge on any atom is -0.339 e. The number of anilines is 1. The zero-order chi connectivity index (χ0) is 13.1. The molecule has 0 aliphatic carbocycles. The zero-order valence-electron chi connectivity index (χ0n) is 10.9. The number of nitrogen functional groups attached to an aromatic ring is 1. The van der Waals surface area contributed by atoms with Gasteiger partial charge in [-0.05, 0) is 37.8 Å². The van der Waals surface area contributed by atoms with E-state index in [2.05, 4.69) is 17.3 Å². The van der Waals surface area contributed by atoms with Gasteiger partial charge in [-0.1, -0.05) is 6.92 Å². The fourth-order valence-electron chi connectivity index (χ4n) is 2.26. The van der Waals surface area contributed by atoms with Crippen LogP contribution < -0.4 is 11.3 Å². The van der Waals surface area contributed by atoms with Crippen molar-refractivity contribution < 1.29 is 4.79 Å². The van der Waals surface area contributed by atoms with Crippen molar-refractivity contribution in [2.75, 3.05) is 18.5 Å². The van der Waals surface area contributed by atoms with Gasteiger partial charge < -0.3 is 10.3 Å². The smallest absolute Gasteiger partial charge is 0.254 e. The van der Waals surface area contributed by atoms with E-state index in [9.17, 15) is 4.79 Å². The summed E-state index contributed by atoms with van der Waals surface area (Å²) in [7, 11) is 0. The molecule has 5 heteroatoms. The molecule has 1 aromatic heterocycles. The number of hydrazine groups is 1. The summed E-state index contributed by atoms with van der Waals surface area (Å²) in [5, 5.41) is 0. The largest absolute Gasteiger partial charge is 0.339 e. The van der Waals surface area contributed by atoms with Crippen LogP contribution in [0.4, 0.5) is 5.82 Å². The van der Waals surface area contributed by atoms with Crippen molar-refractivity contribution in [3.8, 4) is 0 Å². The second-order valence-electron chi connectivity index (χ2n) is 5.00. The fraction of sp³-hybridized carbons (Fsp3) is 0.538. The molecule has 3 N–H and O–H groups in total. The molecular formula is C13H20N4O. The first-order chi connectivity index (χ1) is 8.60. The monoisotopic (exact) mass is 248 g/mol. The summed E-state index contributed by atoms with van der Waals surface area (Å²) in [5.41, 5.74) is 3.94. The molecule has 0 atom stereocenters. The van der Waals surface area contributed by atoms with Crippen molar-refractivity contribution in [2.45, 2.75) is 26.7 Å². The minimum atomic E-state index is 0.0731. The number of likely N-dealkylation sites (tertiary alicyclic amines) is 1. The SMILES string of the molecule is Cc1cc(C(=O)N2CCC(C)CC2)cc(NN)n1. The fourth-order valence-corrected chi connectivity index (χ4v) is 2.26. The second kappa shape index (κ2) is 5.35. The Morgan fingerprint density at radius 3 is 2.72 bits per heavy atom. The Bertz CT molecular complexity index is 439. The molecule has 5 nitrogen and oxygen atoms in total. The predicted octanol–water partition coefficient (Wildman–Crippen LogP) is 1.55. The summed E-state index contributed by atoms with van der Waals surface area (Å²) in [4.78, 5) is 18.5. The first kappa shape index (κ1) is 12.8. The third kappa shape index (κ3) is 2.79. The Balaban J connectivity index is 2.15. The van der Waals surface area contributed by atoms with Gasteiger partial charge >= 0.3 is 0 Å². The molecule has 1 aliphatic rings. The highest BCUT2D eigenvalue weighted by Crippen LogP contribution is 2.19. The number of hydrogen-bond donors (Lipinski definition) is 2. The summed E-state index contributed by atoms with van der Waals surface area (Å²) in [6, 6.07) is 3.51. The number of nitrogens with one attached hydrogen (secondary N) is 1. The van der Waals surface area contributed by atoms with Crippen LogP contribution in [0.15, 0.2) is 12.1 Å². The Hall–Kier alpha value is -1.62. The van der Waals surface area contributed by atoms with Crippen molar-refractivity contribution in [3.63, 3.8) is 0 Å². The second-order valence-corrected chi connectivity index (χ2v) is 5.00. The van der Waals surface area contributed by atoms with Crippen molar-refractivity contribution in [2.24, 2.45) is 11.8 Å². The van der Waals surface area contributed by atoms with Crippen LogP contribution >= 0.6 is 0 Å². The molecule has 2 heterocycles. The van der Waals surface area contributed by atoms with Gasteiger partial charge in [0.2, 0.25) is 0 Å². The normalized spacial score (nSPS) is 16.7. The van der Waals surface area contributed by atoms with Crippen molar-refractivity contribution in [1.29, 1.82) is 0 Å². The van der Waals surface area contributed by atoms with E-state index in [1.165, 1.54) is 0 Å². The first-order valence-electron chi connectivity index (χ1n) is 6.34. The van der Waals surface area contributed by atoms with Gasteiger partial charge in [0, 0.05) is 24.3 Å². The summed E-state index contributed by atoms with van der Waals surface area (Å²) in [5.74, 6) is 6.67. The third-order valence-electron chi connectivity index (χ3n) is 3.42. The number of hydrogen-bond acceptors (Lipinski definition) is 4. The lowest BCUT2D eigenvalue weighted by atomic mass is 9.98. The van der Waals surface area contributed by atoms with E-state index >= 15 is 0 Å². The van der Waals surface area contributed by atoms with Gasteiger partial charge in [0.15, 0.2) is 0 Å². The molecule has 2 rings (SSSR count). The van der Waals surface area contributed by atoms with Crippen LogP contribution in [0.25, 0.3) is 0 Å². The van der Waals surface area contributed by atoms with E-state index in [1.807, 2.05) is 11.8 Å². The topological polar surface area (TPSA) is 71.2 Å². The van der Waals surface area contributed by atoms with Crippen LogP contribution in [0, 0.1) is 12.8 Å². The van der Waals surface area contributed by atoms with E-state index < -0.39 is 0 Å². The molecule has 1 aromatic rings. The summed E-state index contributed by atoms with van der Waals surface area (Å²) in [6.45, 7) is 5.77. The highest BCUT2D eigenvalue weighted by atomic mass is 16.2. The van der Waals surface area contributed by atoms with Crippen LogP contribution in [0.5, 0.6) is 0 Å². The van der Waals surface area contributed by atoms with Crippen molar-refractivity contribution >= 4 is 11.7 Å². The highest BCUT2D eigenvalue weighted by molar-refractivity contribution is 5.95. The quantitative estimate of drug-likeness (QED) is 0.615. The molecular weight excluding hydrogens is 228 g/mol. The molecule has 98 valence electrons. The number of nitrogens with two attached hydrogens (primary N) is 1. The lowest BCUT2D eigenvalue weighted by Crippen LogP contribution is -2.38. The molecule has 1 fully saturated rings. The number of nitrogens with zero attached hydrogens (tertiary/aromatic N) is 2. The maximum Gasteiger partial charge on any atom is 0.254 e. The summed E-state index contributed by atoms with van der Waals surface area (Å²) >= 11 is 0. The Morgan fingerprint density at radius 2 is 2.11 bits per heavy atom. The molecule has 0 radical (unpaired) electrons. The number of aryl methyl sites for hydroxylation is 1. The van der Waals surface area contributed by atoms with Gasteiger partial charge in [-0.15, -0.1) is 0 Å². The molecule has 0 unspecified atom stereocenters. The molecule has 1 amide bonds. The van der Waals surface area contributed by atoms with E-state index in [0.29, 0.717) is 11.4 Å². The van der Waals surface area contributed by atoms with Gasteiger partial charge in [-0.3, -0.25) is 4.79 Å². The third-order valence-corrected chi connectivity index (χ3v) is 3.42. The summed E-state index contributed by atoms with van der Waals surface area (Å²) in [6.07, 6.45) is 2.16. The van der Waals surface area contributed by atoms with Gasteiger partial charge in [0.1, 0.15) is 5.82 Å². The van der Waals surface area contributed by atoms with Gasteiger partial charge in [-0.25, -0.2) is 10.8 Å². The van der Waals surface area contributed by atoms with E-state index in [0.717, 1.165) is 37.5 Å². The van der Waals surface area contributed by atoms with Crippen LogP contribution in [-0.2, 0) is 0 Å². The van der Waals surface area contributed by atoms with Crippen LogP contribution in [0.2, 0.25) is 0 Å². The standard InChI is InChI=1S/C13H20N4O/c1-9-3-5-17(6-4-9)13(18)11-7-10(2)15-12(8-11)16-14/h7-9H,3-6,14H2,1-2H3,(H,15,16). The Kier molecular flexibility index (Phi) is 3.81. The Morgan fingerprint density at radius 1 is 1.44 bits per heavy atom. The van der Waals surface area contributed by atoms with Gasteiger partial charge in [0.05, 0.1) is 0 Å². The number of rotatable bonds is 2. The van der Waals surface area contributed by atoms with E-state index in [4.69, 9.17) is 5.84 Å². The predicted molar refractivity (Wildman–Crippen MR) is 71.1 cm³/mol. The van der Waals surface area contributed by atoms with E-state index in [-0.39, 0.29) is 5.91 Å². The molecule has 1 saturated heterocycles. The van der Waals surface area contributed by atoms with Crippen LogP contribution in [-0.4, -0.2) is 28.9 Å². The maximum atomic E-state index is 12.4. The molecule has 0 aromatic carbocycles. The highest BCUT2D eigenvalue weighted by Gasteiger charge is 2.21. The maximum absolute atomic E-state index is 12.4. The number of amides is 1. The van der Waals surface area contributed by atoms with Crippen LogP contribution in [0.3, 0.4) is 0 Å². The number of carbonyl (C=O) groups excluding carboxylic acids is 1. The molecule has 18 heavy (non-hydrogen) atoms. The molecule has 0 saturated carbocycles. The number of aromatic nitrogens is 1. The van der Waals surface area contributed by atoms with Gasteiger partial charge in [0.25, 0.3) is 5.91 Å². The lowest BCUT2D eigenvalue weighted by molar-refractivity contribution is 0.0697. The average Bonchev–Trinajstić information content (AvgIpc) is 2.38. The zero-order valence-corrected chi connectivity index (χ0v) is 10.9. The number of piperidine rings is 1. The van der Waals surface area contributed by atoms with E-state index in [1.54, 1.807) is 12.1 Å². The van der Waals surface area contributed by atoms with Gasteiger partial charge in [-0.2, -0.15) is 0 Å². The lowest BCUT2D eigenvalue weighted by Gasteiger charge is -2.30. The minimum absolute atomic E-state index is 0.0731.